The van der Waals surface area contributed by atoms with Gasteiger partial charge in [0.15, 0.2) is 0 Å². The van der Waals surface area contributed by atoms with Crippen molar-refractivity contribution in [1.29, 1.82) is 0 Å². The number of fused-ring (bicyclic) bond motifs is 5. The number of anilines is 1. The zero-order chi connectivity index (χ0) is 33.5. The number of ether oxygens (including phenoxy) is 1. The van der Waals surface area contributed by atoms with E-state index in [4.69, 9.17) is 4.74 Å². The lowest BCUT2D eigenvalue weighted by atomic mass is 9.95. The van der Waals surface area contributed by atoms with Gasteiger partial charge >= 0.3 is 5.97 Å². The van der Waals surface area contributed by atoms with Gasteiger partial charge in [0.1, 0.15) is 30.8 Å². The molecule has 0 bridgehead atoms. The largest absolute Gasteiger partial charge is 0.463 e. The second-order valence-electron chi connectivity index (χ2n) is 13.2. The van der Waals surface area contributed by atoms with Crippen LogP contribution in [-0.4, -0.2) is 69.6 Å². The van der Waals surface area contributed by atoms with E-state index in [0.29, 0.717) is 12.4 Å². The Hall–Kier alpha value is -4.62. The average Bonchev–Trinajstić information content (AvgIpc) is 3.38. The Morgan fingerprint density at radius 2 is 1.48 bits per heavy atom. The van der Waals surface area contributed by atoms with Gasteiger partial charge in [-0.15, -0.1) is 5.10 Å². The predicted octanol–water partition coefficient (Wildman–Crippen LogP) is 2.71. The Labute approximate surface area is 269 Å². The molecule has 4 rings (SSSR count). The second kappa shape index (κ2) is 14.6. The Morgan fingerprint density at radius 1 is 0.826 bits per heavy atom. The zero-order valence-electron chi connectivity index (χ0n) is 27.4. The fraction of sp³-hybridized carbons (Fsp3) is 0.455. The summed E-state index contributed by atoms with van der Waals surface area (Å²) in [5, 5.41) is 20.8. The van der Waals surface area contributed by atoms with E-state index in [1.807, 2.05) is 69.3 Å². The molecular formula is C33H44N8O5. The molecule has 0 fully saturated rings. The zero-order valence-corrected chi connectivity index (χ0v) is 27.4. The molecule has 2 heterocycles. The molecule has 0 saturated heterocycles. The Kier molecular flexibility index (Phi) is 10.9. The first-order valence-electron chi connectivity index (χ1n) is 15.3. The van der Waals surface area contributed by atoms with Crippen LogP contribution in [0.4, 0.5) is 5.69 Å². The van der Waals surface area contributed by atoms with E-state index in [2.05, 4.69) is 52.4 Å². The van der Waals surface area contributed by atoms with Crippen molar-refractivity contribution < 1.29 is 23.9 Å². The van der Waals surface area contributed by atoms with Crippen LogP contribution in [0.1, 0.15) is 59.9 Å². The maximum Gasteiger partial charge on any atom is 0.315 e. The van der Waals surface area contributed by atoms with Crippen molar-refractivity contribution in [3.8, 4) is 22.5 Å². The third kappa shape index (κ3) is 9.44. The normalized spacial score (nSPS) is 12.6. The number of amides is 3. The van der Waals surface area contributed by atoms with Gasteiger partial charge in [0, 0.05) is 22.2 Å². The van der Waals surface area contributed by atoms with Crippen molar-refractivity contribution in [1.82, 2.24) is 36.3 Å². The van der Waals surface area contributed by atoms with Gasteiger partial charge in [-0.1, -0.05) is 47.7 Å². The molecule has 2 aromatic carbocycles. The maximum atomic E-state index is 13.7. The number of nitrogens with one attached hydrogen (secondary N) is 4. The van der Waals surface area contributed by atoms with Gasteiger partial charge in [0.2, 0.25) is 17.7 Å². The molecular weight excluding hydrogens is 588 g/mol. The van der Waals surface area contributed by atoms with Crippen LogP contribution in [0.15, 0.2) is 48.5 Å². The molecule has 13 heteroatoms. The highest BCUT2D eigenvalue weighted by atomic mass is 16.5. The van der Waals surface area contributed by atoms with Gasteiger partial charge in [0.25, 0.3) is 0 Å². The molecule has 1 aliphatic heterocycles. The molecule has 46 heavy (non-hydrogen) atoms. The number of rotatable bonds is 11. The van der Waals surface area contributed by atoms with Crippen LogP contribution in [0.25, 0.3) is 22.5 Å². The molecule has 3 amide bonds. The van der Waals surface area contributed by atoms with E-state index >= 15 is 0 Å². The van der Waals surface area contributed by atoms with Gasteiger partial charge in [-0.05, 0) is 53.2 Å². The van der Waals surface area contributed by atoms with Crippen LogP contribution >= 0.6 is 0 Å². The maximum absolute atomic E-state index is 13.7. The Bertz CT molecular complexity index is 1570. The van der Waals surface area contributed by atoms with Crippen molar-refractivity contribution >= 4 is 29.4 Å². The third-order valence-electron chi connectivity index (χ3n) is 7.05. The molecule has 4 N–H and O–H groups in total. The summed E-state index contributed by atoms with van der Waals surface area (Å²) < 4.78 is 6.87. The lowest BCUT2D eigenvalue weighted by Crippen LogP contribution is -2.44. The quantitative estimate of drug-likeness (QED) is 0.108. The molecule has 0 saturated carbocycles. The highest BCUT2D eigenvalue weighted by Gasteiger charge is 2.30. The molecule has 13 nitrogen and oxygen atoms in total. The highest BCUT2D eigenvalue weighted by molar-refractivity contribution is 6.07. The predicted molar refractivity (Wildman–Crippen MR) is 174 cm³/mol. The summed E-state index contributed by atoms with van der Waals surface area (Å²) in [6, 6.07) is 15.3. The summed E-state index contributed by atoms with van der Waals surface area (Å²) >= 11 is 0. The minimum absolute atomic E-state index is 0.000532. The van der Waals surface area contributed by atoms with Crippen LogP contribution in [0.5, 0.6) is 0 Å². The fourth-order valence-corrected chi connectivity index (χ4v) is 4.76. The number of benzene rings is 2. The summed E-state index contributed by atoms with van der Waals surface area (Å²) in [6.45, 7) is 12.8. The van der Waals surface area contributed by atoms with Crippen LogP contribution in [-0.2, 0) is 37.1 Å². The van der Waals surface area contributed by atoms with Crippen LogP contribution in [0, 0.1) is 0 Å². The van der Waals surface area contributed by atoms with Crippen molar-refractivity contribution in [2.75, 3.05) is 24.7 Å². The van der Waals surface area contributed by atoms with E-state index in [0.717, 1.165) is 28.1 Å². The van der Waals surface area contributed by atoms with Crippen molar-refractivity contribution in [2.45, 2.75) is 78.7 Å². The number of para-hydroxylation sites is 1. The minimum atomic E-state index is -0.708. The van der Waals surface area contributed by atoms with Crippen LogP contribution < -0.4 is 26.2 Å². The number of carbonyl (C=O) groups is 4. The van der Waals surface area contributed by atoms with Gasteiger partial charge in [0.05, 0.1) is 32.1 Å². The number of hydrogen-bond acceptors (Lipinski definition) is 9. The average molecular weight is 633 g/mol. The summed E-state index contributed by atoms with van der Waals surface area (Å²) in [4.78, 5) is 52.1. The van der Waals surface area contributed by atoms with E-state index < -0.39 is 36.5 Å². The number of esters is 1. The third-order valence-corrected chi connectivity index (χ3v) is 7.05. The first kappa shape index (κ1) is 34.3. The first-order chi connectivity index (χ1) is 21.7. The van der Waals surface area contributed by atoms with Gasteiger partial charge in [-0.2, -0.15) is 0 Å². The van der Waals surface area contributed by atoms with E-state index in [1.165, 1.54) is 0 Å². The molecule has 0 aliphatic carbocycles. The Balaban J connectivity index is 1.41. The number of aromatic nitrogens is 3. The molecule has 1 aromatic heterocycles. The molecule has 0 atom stereocenters. The lowest BCUT2D eigenvalue weighted by Gasteiger charge is -2.29. The van der Waals surface area contributed by atoms with Crippen LogP contribution in [0.2, 0.25) is 0 Å². The number of hydrogen-bond donors (Lipinski definition) is 4. The summed E-state index contributed by atoms with van der Waals surface area (Å²) in [5.74, 6) is -2.09. The van der Waals surface area contributed by atoms with Crippen LogP contribution in [0.3, 0.4) is 0 Å². The molecule has 3 aromatic rings. The van der Waals surface area contributed by atoms with Crippen molar-refractivity contribution in [2.24, 2.45) is 0 Å². The molecule has 0 spiro atoms. The number of nitrogens with zero attached hydrogens (tertiary/aromatic N) is 4. The second-order valence-corrected chi connectivity index (χ2v) is 13.2. The SMILES string of the molecule is CC(C)(C)NCNC(=O)CC(=O)OCCNC(=O)CC(=O)N1Cc2ccccc2-c2nnn(CNC(C)(C)C)c2-c2ccccc21. The fourth-order valence-electron chi connectivity index (χ4n) is 4.76. The monoisotopic (exact) mass is 632 g/mol. The standard InChI is InChI=1S/C33H44N8O5/c1-32(2,3)36-20-35-27(43)18-29(45)46-16-15-34-26(42)17-28(44)40-19-22-11-7-8-12-23(22)30-31(24-13-9-10-14-25(24)40)41(39-38-30)21-37-33(4,5)6/h7-14,36-37H,15-21H2,1-6H3,(H,34,42)(H,35,43). The van der Waals surface area contributed by atoms with Gasteiger partial charge in [-0.25, -0.2) is 4.68 Å². The van der Waals surface area contributed by atoms with Gasteiger partial charge in [-0.3, -0.25) is 29.8 Å². The Morgan fingerprint density at radius 3 is 2.20 bits per heavy atom. The molecule has 0 unspecified atom stereocenters. The lowest BCUT2D eigenvalue weighted by molar-refractivity contribution is -0.147. The minimum Gasteiger partial charge on any atom is -0.463 e. The van der Waals surface area contributed by atoms with E-state index in [-0.39, 0.29) is 37.4 Å². The van der Waals surface area contributed by atoms with Gasteiger partial charge < -0.3 is 20.3 Å². The molecule has 1 aliphatic rings. The molecule has 246 valence electrons. The van der Waals surface area contributed by atoms with Crippen molar-refractivity contribution in [3.05, 3.63) is 54.1 Å². The van der Waals surface area contributed by atoms with E-state index in [1.54, 1.807) is 9.58 Å². The summed E-state index contributed by atoms with van der Waals surface area (Å²) in [7, 11) is 0. The van der Waals surface area contributed by atoms with Crippen molar-refractivity contribution in [3.63, 3.8) is 0 Å². The summed E-state index contributed by atoms with van der Waals surface area (Å²) in [5.41, 5.74) is 4.28. The van der Waals surface area contributed by atoms with E-state index in [9.17, 15) is 19.2 Å². The first-order valence-corrected chi connectivity index (χ1v) is 15.3. The topological polar surface area (TPSA) is 160 Å². The number of carbonyl (C=O) groups excluding carboxylic acids is 4. The smallest absolute Gasteiger partial charge is 0.315 e. The molecule has 0 radical (unpaired) electrons. The summed E-state index contributed by atoms with van der Waals surface area (Å²) in [6.07, 6.45) is -0.847. The highest BCUT2D eigenvalue weighted by Crippen LogP contribution is 2.41.